The van der Waals surface area contributed by atoms with Crippen molar-refractivity contribution in [2.75, 3.05) is 20.6 Å². The first kappa shape index (κ1) is 26.4. The fourth-order valence-corrected chi connectivity index (χ4v) is 5.09. The van der Waals surface area contributed by atoms with Crippen molar-refractivity contribution < 1.29 is 13.2 Å². The molecule has 178 valence electrons. The van der Waals surface area contributed by atoms with Gasteiger partial charge in [0.2, 0.25) is 5.91 Å². The van der Waals surface area contributed by atoms with E-state index in [2.05, 4.69) is 9.82 Å². The van der Waals surface area contributed by atoms with Crippen molar-refractivity contribution >= 4 is 27.5 Å². The van der Waals surface area contributed by atoms with Crippen molar-refractivity contribution in [2.45, 2.75) is 70.4 Å². The largest absolute Gasteiger partial charge is 0.307 e. The van der Waals surface area contributed by atoms with E-state index < -0.39 is 21.5 Å². The highest BCUT2D eigenvalue weighted by atomic mass is 35.5. The number of aromatic nitrogens is 2. The van der Waals surface area contributed by atoms with Gasteiger partial charge in [-0.3, -0.25) is 9.48 Å². The molecular weight excluding hydrogens is 448 g/mol. The Bertz CT molecular complexity index is 1040. The number of carbonyl (C=O) groups is 1. The predicted molar refractivity (Wildman–Crippen MR) is 129 cm³/mol. The predicted octanol–water partition coefficient (Wildman–Crippen LogP) is 4.13. The lowest BCUT2D eigenvalue weighted by molar-refractivity contribution is -0.118. The van der Waals surface area contributed by atoms with E-state index in [0.717, 1.165) is 16.7 Å². The van der Waals surface area contributed by atoms with Crippen molar-refractivity contribution in [2.24, 2.45) is 0 Å². The van der Waals surface area contributed by atoms with E-state index in [1.54, 1.807) is 10.9 Å². The van der Waals surface area contributed by atoms with Crippen LogP contribution in [0.1, 0.15) is 70.1 Å². The average Bonchev–Trinajstić information content (AvgIpc) is 3.13. The monoisotopic (exact) mass is 482 g/mol. The van der Waals surface area contributed by atoms with Crippen LogP contribution in [-0.4, -0.2) is 49.6 Å². The molecule has 1 amide bonds. The second-order valence-corrected chi connectivity index (χ2v) is 11.8. The van der Waals surface area contributed by atoms with E-state index in [-0.39, 0.29) is 23.3 Å². The van der Waals surface area contributed by atoms with Crippen LogP contribution < -0.4 is 4.72 Å². The second-order valence-electron chi connectivity index (χ2n) is 9.73. The molecule has 0 aliphatic rings. The molecule has 0 radical (unpaired) electrons. The molecule has 0 saturated carbocycles. The summed E-state index contributed by atoms with van der Waals surface area (Å²) in [5, 5.41) is 4.67. The average molecular weight is 483 g/mol. The lowest BCUT2D eigenvalue weighted by atomic mass is 9.87. The molecule has 1 aromatic heterocycles. The first-order valence-electron chi connectivity index (χ1n) is 10.7. The van der Waals surface area contributed by atoms with Gasteiger partial charge in [-0.2, -0.15) is 13.5 Å². The lowest BCUT2D eigenvalue weighted by Gasteiger charge is -2.28. The number of hydrogen-bond donors (Lipinski definition) is 1. The Kier molecular flexibility index (Phi) is 8.18. The van der Waals surface area contributed by atoms with Crippen molar-refractivity contribution in [3.05, 3.63) is 46.1 Å². The minimum Gasteiger partial charge on any atom is -0.307 e. The smallest absolute Gasteiger partial charge is 0.283 e. The third kappa shape index (κ3) is 6.33. The lowest BCUT2D eigenvalue weighted by Crippen LogP contribution is -2.38. The zero-order chi connectivity index (χ0) is 24.4. The number of carbonyl (C=O) groups excluding carboxylic acids is 1. The Morgan fingerprint density at radius 3 is 2.16 bits per heavy atom. The van der Waals surface area contributed by atoms with Gasteiger partial charge in [0.15, 0.2) is 5.03 Å². The molecule has 7 nitrogen and oxygen atoms in total. The van der Waals surface area contributed by atoms with Crippen LogP contribution in [0.3, 0.4) is 0 Å². The number of amides is 1. The van der Waals surface area contributed by atoms with E-state index in [1.165, 1.54) is 6.07 Å². The third-order valence-corrected chi connectivity index (χ3v) is 6.76. The highest BCUT2D eigenvalue weighted by Gasteiger charge is 2.27. The van der Waals surface area contributed by atoms with Gasteiger partial charge in [0.25, 0.3) is 10.0 Å². The molecule has 0 spiro atoms. The van der Waals surface area contributed by atoms with Gasteiger partial charge < -0.3 is 4.90 Å². The molecule has 1 aromatic carbocycles. The highest BCUT2D eigenvalue weighted by molar-refractivity contribution is 7.90. The summed E-state index contributed by atoms with van der Waals surface area (Å²) in [6, 6.07) is 5.11. The van der Waals surface area contributed by atoms with Gasteiger partial charge in [-0.1, -0.05) is 39.3 Å². The van der Waals surface area contributed by atoms with Crippen molar-refractivity contribution in [3.8, 4) is 0 Å². The first-order chi connectivity index (χ1) is 14.6. The minimum atomic E-state index is -4.09. The van der Waals surface area contributed by atoms with Gasteiger partial charge in [-0.05, 0) is 74.7 Å². The Balaban J connectivity index is 2.29. The number of benzene rings is 1. The van der Waals surface area contributed by atoms with E-state index in [9.17, 15) is 13.2 Å². The van der Waals surface area contributed by atoms with Crippen LogP contribution in [0.4, 0.5) is 0 Å². The van der Waals surface area contributed by atoms with Gasteiger partial charge in [0, 0.05) is 17.8 Å². The Labute approximate surface area is 197 Å². The van der Waals surface area contributed by atoms with Crippen molar-refractivity contribution in [3.63, 3.8) is 0 Å². The normalized spacial score (nSPS) is 12.8. The number of rotatable bonds is 9. The van der Waals surface area contributed by atoms with Crippen LogP contribution >= 0.6 is 11.6 Å². The van der Waals surface area contributed by atoms with Crippen LogP contribution in [0.2, 0.25) is 5.02 Å². The third-order valence-electron chi connectivity index (χ3n) is 5.28. The van der Waals surface area contributed by atoms with Crippen LogP contribution in [-0.2, 0) is 26.8 Å². The number of likely N-dealkylation sites (N-methyl/N-ethyl adjacent to an activating group) is 1. The number of nitrogens with one attached hydrogen (secondary N) is 1. The fourth-order valence-electron chi connectivity index (χ4n) is 3.95. The molecule has 0 atom stereocenters. The summed E-state index contributed by atoms with van der Waals surface area (Å²) < 4.78 is 29.5. The summed E-state index contributed by atoms with van der Waals surface area (Å²) in [6.07, 6.45) is 1.57. The fraction of sp³-hybridized carbons (Fsp3) is 0.565. The first-order valence-corrected chi connectivity index (χ1v) is 12.6. The summed E-state index contributed by atoms with van der Waals surface area (Å²) >= 11 is 6.29. The van der Waals surface area contributed by atoms with Gasteiger partial charge >= 0.3 is 0 Å². The molecule has 0 saturated heterocycles. The Morgan fingerprint density at radius 2 is 1.69 bits per heavy atom. The maximum atomic E-state index is 12.8. The standard InChI is InChI=1S/C23H35ClN4O3S/c1-15(2)18-11-17(24)12-19(16(3)4)20(18)13-21(29)26-32(30,31)22-9-10-28(25-22)23(5,6)14-27(7)8/h9-12,15-16H,13-14H2,1-8H3,(H,26,29). The number of hydrogen-bond acceptors (Lipinski definition) is 5. The Hall–Kier alpha value is -1.90. The summed E-state index contributed by atoms with van der Waals surface area (Å²) in [6.45, 7) is 12.7. The zero-order valence-corrected chi connectivity index (χ0v) is 21.8. The van der Waals surface area contributed by atoms with E-state index in [4.69, 9.17) is 11.6 Å². The number of nitrogens with zero attached hydrogens (tertiary/aromatic N) is 3. The van der Waals surface area contributed by atoms with Gasteiger partial charge in [-0.25, -0.2) is 4.72 Å². The van der Waals surface area contributed by atoms with Gasteiger partial charge in [0.1, 0.15) is 0 Å². The summed E-state index contributed by atoms with van der Waals surface area (Å²) in [5.74, 6) is -0.321. The van der Waals surface area contributed by atoms with Gasteiger partial charge in [0.05, 0.1) is 12.0 Å². The van der Waals surface area contributed by atoms with E-state index in [0.29, 0.717) is 11.6 Å². The maximum Gasteiger partial charge on any atom is 0.283 e. The van der Waals surface area contributed by atoms with Crippen LogP contribution in [0, 0.1) is 0 Å². The molecule has 1 heterocycles. The highest BCUT2D eigenvalue weighted by Crippen LogP contribution is 2.32. The van der Waals surface area contributed by atoms with E-state index >= 15 is 0 Å². The molecule has 2 rings (SSSR count). The topological polar surface area (TPSA) is 84.3 Å². The van der Waals surface area contributed by atoms with Gasteiger partial charge in [-0.15, -0.1) is 0 Å². The number of halogens is 1. The molecule has 0 aliphatic heterocycles. The van der Waals surface area contributed by atoms with E-state index in [1.807, 2.05) is 72.7 Å². The molecule has 0 aliphatic carbocycles. The minimum absolute atomic E-state index is 0.0513. The Morgan fingerprint density at radius 1 is 1.16 bits per heavy atom. The quantitative estimate of drug-likeness (QED) is 0.581. The van der Waals surface area contributed by atoms with Crippen molar-refractivity contribution in [1.29, 1.82) is 0 Å². The van der Waals surface area contributed by atoms with Crippen molar-refractivity contribution in [1.82, 2.24) is 19.4 Å². The summed E-state index contributed by atoms with van der Waals surface area (Å²) in [7, 11) is -0.211. The maximum absolute atomic E-state index is 12.8. The summed E-state index contributed by atoms with van der Waals surface area (Å²) in [5.41, 5.74) is 2.31. The molecular formula is C23H35ClN4O3S. The molecule has 0 unspecified atom stereocenters. The van der Waals surface area contributed by atoms with Crippen LogP contribution in [0.5, 0.6) is 0 Å². The SMILES string of the molecule is CC(C)c1cc(Cl)cc(C(C)C)c1CC(=O)NS(=O)(=O)c1ccn(C(C)(C)CN(C)C)n1. The second kappa shape index (κ2) is 9.93. The zero-order valence-electron chi connectivity index (χ0n) is 20.2. The molecule has 1 N–H and O–H groups in total. The molecule has 0 bridgehead atoms. The van der Waals surface area contributed by atoms with Crippen LogP contribution in [0.25, 0.3) is 0 Å². The summed E-state index contributed by atoms with van der Waals surface area (Å²) in [4.78, 5) is 14.8. The molecule has 32 heavy (non-hydrogen) atoms. The number of sulfonamides is 1. The molecule has 0 fully saturated rings. The molecule has 9 heteroatoms. The van der Waals surface area contributed by atoms with Crippen LogP contribution in [0.15, 0.2) is 29.4 Å². The molecule has 2 aromatic rings.